The Morgan fingerprint density at radius 2 is 1.82 bits per heavy atom. The summed E-state index contributed by atoms with van der Waals surface area (Å²) in [7, 11) is 0. The van der Waals surface area contributed by atoms with Gasteiger partial charge in [-0.2, -0.15) is 13.2 Å². The zero-order valence-electron chi connectivity index (χ0n) is 21.2. The van der Waals surface area contributed by atoms with E-state index in [-0.39, 0.29) is 23.7 Å². The topological polar surface area (TPSA) is 152 Å². The second-order valence-electron chi connectivity index (χ2n) is 8.64. The third-order valence-corrected chi connectivity index (χ3v) is 6.72. The van der Waals surface area contributed by atoms with E-state index in [4.69, 9.17) is 25.1 Å². The molecule has 0 radical (unpaired) electrons. The molecule has 9 nitrogen and oxygen atoms in total. The van der Waals surface area contributed by atoms with E-state index in [1.165, 1.54) is 11.8 Å². The quantitative estimate of drug-likeness (QED) is 0.309. The van der Waals surface area contributed by atoms with Gasteiger partial charge in [0.25, 0.3) is 0 Å². The Kier molecular flexibility index (Phi) is 10.2. The molecule has 40 heavy (non-hydrogen) atoms. The lowest BCUT2D eigenvalue weighted by atomic mass is 10.1. The molecule has 13 heteroatoms. The van der Waals surface area contributed by atoms with Gasteiger partial charge in [-0.05, 0) is 67.6 Å². The molecule has 1 aliphatic heterocycles. The molecule has 1 saturated carbocycles. The lowest BCUT2D eigenvalue weighted by Crippen LogP contribution is -2.21. The number of benzene rings is 2. The van der Waals surface area contributed by atoms with Crippen LogP contribution in [-0.4, -0.2) is 58.2 Å². The standard InChI is InChI=1S/C25H26N2O5S.C2HF3O2/c1-2-31-25(30)22-23(29)21(33-24(22)27-18-6-4-3-5-7-18)11-15-8-9-20(19(28)10-15)32-14-17-12-16(17)13-26;3-2(4,5)1(6)7/h3-11,16-17,28-29H,2,12-14,26H2,1H3;(H,6,7)/b21-11-,27-24?;. The maximum atomic E-state index is 12.5. The molecular weight excluding hydrogens is 553 g/mol. The minimum atomic E-state index is -5.08. The number of ether oxygens (including phenoxy) is 2. The van der Waals surface area contributed by atoms with Crippen molar-refractivity contribution >= 4 is 40.5 Å². The molecule has 2 aromatic carbocycles. The summed E-state index contributed by atoms with van der Waals surface area (Å²) in [6.07, 6.45) is -2.35. The number of hydrogen-bond donors (Lipinski definition) is 4. The van der Waals surface area contributed by atoms with Crippen molar-refractivity contribution in [1.29, 1.82) is 0 Å². The van der Waals surface area contributed by atoms with Crippen LogP contribution < -0.4 is 10.5 Å². The molecule has 214 valence electrons. The SMILES string of the molecule is CCOC(=O)C1=C(O)/C(=C/c2ccc(OCC3CC3CN)c(O)c2)SC1=Nc1ccccc1.O=C(O)C(F)(F)F. The van der Waals surface area contributed by atoms with Crippen LogP contribution in [0, 0.1) is 11.8 Å². The van der Waals surface area contributed by atoms with Crippen LogP contribution in [-0.2, 0) is 14.3 Å². The average molecular weight is 581 g/mol. The highest BCUT2D eigenvalue weighted by atomic mass is 32.2. The van der Waals surface area contributed by atoms with Crippen LogP contribution in [0.5, 0.6) is 11.5 Å². The van der Waals surface area contributed by atoms with Crippen molar-refractivity contribution in [3.05, 3.63) is 70.3 Å². The largest absolute Gasteiger partial charge is 0.506 e. The number of aliphatic hydroxyl groups is 1. The number of phenolic OH excluding ortho intramolecular Hbond substituents is 1. The number of alkyl halides is 3. The van der Waals surface area contributed by atoms with E-state index in [0.717, 1.165) is 6.42 Å². The molecule has 2 aromatic rings. The molecule has 4 rings (SSSR count). The first-order valence-corrected chi connectivity index (χ1v) is 12.9. The minimum Gasteiger partial charge on any atom is -0.506 e. The summed E-state index contributed by atoms with van der Waals surface area (Å²) in [5, 5.41) is 28.7. The Labute approximate surface area is 231 Å². The molecule has 0 bridgehead atoms. The molecule has 0 saturated heterocycles. The van der Waals surface area contributed by atoms with Crippen molar-refractivity contribution in [3.8, 4) is 11.5 Å². The summed E-state index contributed by atoms with van der Waals surface area (Å²) in [6.45, 7) is 3.07. The van der Waals surface area contributed by atoms with Crippen LogP contribution in [0.1, 0.15) is 18.9 Å². The second kappa shape index (κ2) is 13.4. The van der Waals surface area contributed by atoms with E-state index in [2.05, 4.69) is 4.99 Å². The molecule has 1 heterocycles. The highest BCUT2D eigenvalue weighted by Crippen LogP contribution is 2.41. The number of aliphatic imine (C=N–C) groups is 1. The average Bonchev–Trinajstić information content (AvgIpc) is 3.60. The van der Waals surface area contributed by atoms with Crippen LogP contribution in [0.2, 0.25) is 0 Å². The molecule has 0 spiro atoms. The molecule has 2 unspecified atom stereocenters. The molecule has 5 N–H and O–H groups in total. The van der Waals surface area contributed by atoms with Crippen molar-refractivity contribution in [2.45, 2.75) is 19.5 Å². The number of carboxylic acid groups (broad SMARTS) is 1. The van der Waals surface area contributed by atoms with Crippen molar-refractivity contribution in [3.63, 3.8) is 0 Å². The normalized spacial score (nSPS) is 20.2. The van der Waals surface area contributed by atoms with Crippen LogP contribution >= 0.6 is 11.8 Å². The molecule has 2 atom stereocenters. The molecule has 1 aliphatic carbocycles. The Morgan fingerprint density at radius 3 is 2.38 bits per heavy atom. The van der Waals surface area contributed by atoms with Crippen LogP contribution in [0.15, 0.2) is 69.8 Å². The maximum absolute atomic E-state index is 12.5. The second-order valence-corrected chi connectivity index (χ2v) is 9.67. The number of carbonyl (C=O) groups excluding carboxylic acids is 1. The van der Waals surface area contributed by atoms with Crippen molar-refractivity contribution in [2.24, 2.45) is 22.6 Å². The number of nitrogens with zero attached hydrogens (tertiary/aromatic N) is 1. The van der Waals surface area contributed by atoms with Crippen LogP contribution in [0.25, 0.3) is 6.08 Å². The molecule has 0 amide bonds. The van der Waals surface area contributed by atoms with E-state index in [1.54, 1.807) is 31.2 Å². The summed E-state index contributed by atoms with van der Waals surface area (Å²) in [5.74, 6) is -2.24. The highest BCUT2D eigenvalue weighted by molar-refractivity contribution is 8.18. The van der Waals surface area contributed by atoms with Gasteiger partial charge in [-0.3, -0.25) is 0 Å². The van der Waals surface area contributed by atoms with E-state index in [1.807, 2.05) is 30.3 Å². The summed E-state index contributed by atoms with van der Waals surface area (Å²) < 4.78 is 42.6. The number of carbonyl (C=O) groups is 2. The predicted octanol–water partition coefficient (Wildman–Crippen LogP) is 5.19. The fraction of sp³-hybridized carbons (Fsp3) is 0.296. The van der Waals surface area contributed by atoms with Gasteiger partial charge in [0.15, 0.2) is 11.5 Å². The van der Waals surface area contributed by atoms with E-state index in [0.29, 0.717) is 51.9 Å². The Morgan fingerprint density at radius 1 is 1.15 bits per heavy atom. The third-order valence-electron chi connectivity index (χ3n) is 5.71. The first-order valence-electron chi connectivity index (χ1n) is 12.0. The molecular formula is C27H27F3N2O7S. The van der Waals surface area contributed by atoms with E-state index < -0.39 is 18.1 Å². The number of thioether (sulfide) groups is 1. The number of aliphatic hydroxyl groups excluding tert-OH is 1. The summed E-state index contributed by atoms with van der Waals surface area (Å²) in [4.78, 5) is 26.4. The van der Waals surface area contributed by atoms with Gasteiger partial charge in [0.2, 0.25) is 0 Å². The van der Waals surface area contributed by atoms with Crippen LogP contribution in [0.4, 0.5) is 18.9 Å². The van der Waals surface area contributed by atoms with Gasteiger partial charge < -0.3 is 30.5 Å². The van der Waals surface area contributed by atoms with Gasteiger partial charge in [0, 0.05) is 0 Å². The summed E-state index contributed by atoms with van der Waals surface area (Å²) >= 11 is 1.17. The third kappa shape index (κ3) is 8.26. The van der Waals surface area contributed by atoms with Gasteiger partial charge in [0.05, 0.1) is 23.8 Å². The molecule has 1 fully saturated rings. The first kappa shape index (κ1) is 30.6. The minimum absolute atomic E-state index is 0.00422. The number of carboxylic acids is 1. The number of esters is 1. The summed E-state index contributed by atoms with van der Waals surface area (Å²) in [5.41, 5.74) is 6.98. The number of hydrogen-bond acceptors (Lipinski definition) is 9. The fourth-order valence-corrected chi connectivity index (χ4v) is 4.54. The molecule has 0 aromatic heterocycles. The number of aliphatic carboxylic acids is 1. The van der Waals surface area contributed by atoms with Crippen molar-refractivity contribution in [1.82, 2.24) is 0 Å². The van der Waals surface area contributed by atoms with Crippen molar-refractivity contribution in [2.75, 3.05) is 19.8 Å². The number of nitrogens with two attached hydrogens (primary N) is 1. The number of rotatable bonds is 8. The Bertz CT molecular complexity index is 1330. The lowest BCUT2D eigenvalue weighted by Gasteiger charge is -2.08. The zero-order valence-corrected chi connectivity index (χ0v) is 22.0. The number of aromatic hydroxyl groups is 1. The van der Waals surface area contributed by atoms with Gasteiger partial charge in [0.1, 0.15) is 16.4 Å². The molecule has 2 aliphatic rings. The number of para-hydroxylation sites is 1. The number of phenols is 1. The van der Waals surface area contributed by atoms with E-state index >= 15 is 0 Å². The smallest absolute Gasteiger partial charge is 0.490 e. The van der Waals surface area contributed by atoms with Gasteiger partial charge in [-0.15, -0.1) is 0 Å². The fourth-order valence-electron chi connectivity index (χ4n) is 3.51. The van der Waals surface area contributed by atoms with Gasteiger partial charge in [-0.25, -0.2) is 14.6 Å². The summed E-state index contributed by atoms with van der Waals surface area (Å²) in [6, 6.07) is 14.2. The van der Waals surface area contributed by atoms with Crippen molar-refractivity contribution < 1.29 is 47.6 Å². The first-order chi connectivity index (χ1) is 18.9. The Hall–Kier alpha value is -3.97. The van der Waals surface area contributed by atoms with Gasteiger partial charge >= 0.3 is 18.1 Å². The monoisotopic (exact) mass is 580 g/mol. The Balaban J connectivity index is 0.000000559. The van der Waals surface area contributed by atoms with E-state index in [9.17, 15) is 28.2 Å². The predicted molar refractivity (Wildman–Crippen MR) is 143 cm³/mol. The van der Waals surface area contributed by atoms with Crippen LogP contribution in [0.3, 0.4) is 0 Å². The zero-order chi connectivity index (χ0) is 29.4. The maximum Gasteiger partial charge on any atom is 0.490 e. The highest BCUT2D eigenvalue weighted by Gasteiger charge is 2.38. The lowest BCUT2D eigenvalue weighted by molar-refractivity contribution is -0.192. The number of halogens is 3. The van der Waals surface area contributed by atoms with Gasteiger partial charge in [-0.1, -0.05) is 36.0 Å².